The maximum Gasteiger partial charge on any atom is 0.326 e. The summed E-state index contributed by atoms with van der Waals surface area (Å²) in [6.45, 7) is 1.72. The van der Waals surface area contributed by atoms with Crippen LogP contribution in [0, 0.1) is 17.0 Å². The monoisotopic (exact) mass is 427 g/mol. The molecule has 0 radical (unpaired) electrons. The molecule has 0 bridgehead atoms. The van der Waals surface area contributed by atoms with Crippen LogP contribution >= 0.6 is 11.6 Å². The number of nitro benzene ring substituents is 1. The molecule has 2 aromatic carbocycles. The van der Waals surface area contributed by atoms with Gasteiger partial charge in [0.1, 0.15) is 11.3 Å². The third-order valence-corrected chi connectivity index (χ3v) is 4.02. The van der Waals surface area contributed by atoms with Gasteiger partial charge in [-0.05, 0) is 36.8 Å². The van der Waals surface area contributed by atoms with Crippen molar-refractivity contribution in [1.82, 2.24) is 15.3 Å². The minimum Gasteiger partial charge on any atom is -0.424 e. The summed E-state index contributed by atoms with van der Waals surface area (Å²) >= 11 is 5.72. The van der Waals surface area contributed by atoms with E-state index in [0.717, 1.165) is 0 Å². The van der Waals surface area contributed by atoms with Gasteiger partial charge in [0.15, 0.2) is 0 Å². The van der Waals surface area contributed by atoms with Crippen LogP contribution in [0.15, 0.2) is 54.9 Å². The molecule has 0 unspecified atom stereocenters. The number of aryl methyl sites for hydroxylation is 1. The number of urea groups is 1. The number of rotatable bonds is 5. The number of para-hydroxylation sites is 1. The van der Waals surface area contributed by atoms with Crippen molar-refractivity contribution in [2.24, 2.45) is 0 Å². The van der Waals surface area contributed by atoms with E-state index in [1.807, 2.05) is 0 Å². The number of imide groups is 1. The highest BCUT2D eigenvalue weighted by molar-refractivity contribution is 6.30. The van der Waals surface area contributed by atoms with Crippen LogP contribution in [0.5, 0.6) is 11.8 Å². The summed E-state index contributed by atoms with van der Waals surface area (Å²) in [4.78, 5) is 42.6. The van der Waals surface area contributed by atoms with Crippen LogP contribution in [0.4, 0.5) is 16.2 Å². The van der Waals surface area contributed by atoms with Gasteiger partial charge in [0.2, 0.25) is 0 Å². The third-order valence-electron chi connectivity index (χ3n) is 3.82. The SMILES string of the molecule is Cc1cc(Oc2ncc(Cl)cn2)ccc1NC(=O)NC(=O)c1ccccc1[N+](=O)[O-]. The Morgan fingerprint density at radius 1 is 1.13 bits per heavy atom. The van der Waals surface area contributed by atoms with Crippen molar-refractivity contribution >= 4 is 34.9 Å². The Balaban J connectivity index is 1.66. The third kappa shape index (κ3) is 5.06. The molecule has 0 atom stereocenters. The first-order chi connectivity index (χ1) is 14.3. The first-order valence-corrected chi connectivity index (χ1v) is 8.83. The fourth-order valence-electron chi connectivity index (χ4n) is 2.45. The molecule has 10 nitrogen and oxygen atoms in total. The molecule has 152 valence electrons. The molecule has 0 aliphatic carbocycles. The predicted molar refractivity (Wildman–Crippen MR) is 108 cm³/mol. The van der Waals surface area contributed by atoms with Crippen molar-refractivity contribution in [3.8, 4) is 11.8 Å². The molecule has 0 saturated carbocycles. The lowest BCUT2D eigenvalue weighted by atomic mass is 10.1. The lowest BCUT2D eigenvalue weighted by Crippen LogP contribution is -2.34. The van der Waals surface area contributed by atoms with Gasteiger partial charge >= 0.3 is 12.0 Å². The zero-order valence-electron chi connectivity index (χ0n) is 15.5. The van der Waals surface area contributed by atoms with Crippen LogP contribution in [0.3, 0.4) is 0 Å². The molecule has 1 heterocycles. The largest absolute Gasteiger partial charge is 0.424 e. The van der Waals surface area contributed by atoms with Crippen molar-refractivity contribution in [3.63, 3.8) is 0 Å². The van der Waals surface area contributed by atoms with E-state index in [9.17, 15) is 19.7 Å². The van der Waals surface area contributed by atoms with Crippen LogP contribution in [0.2, 0.25) is 5.02 Å². The molecular formula is C19H14ClN5O5. The van der Waals surface area contributed by atoms with E-state index < -0.39 is 22.5 Å². The van der Waals surface area contributed by atoms with Gasteiger partial charge in [-0.15, -0.1) is 0 Å². The molecule has 3 amide bonds. The minimum atomic E-state index is -0.891. The predicted octanol–water partition coefficient (Wildman–Crippen LogP) is 4.10. The average molecular weight is 428 g/mol. The summed E-state index contributed by atoms with van der Waals surface area (Å²) in [7, 11) is 0. The van der Waals surface area contributed by atoms with Crippen LogP contribution in [-0.2, 0) is 0 Å². The normalized spacial score (nSPS) is 10.2. The molecule has 11 heteroatoms. The zero-order chi connectivity index (χ0) is 21.7. The molecule has 0 fully saturated rings. The van der Waals surface area contributed by atoms with E-state index >= 15 is 0 Å². The van der Waals surface area contributed by atoms with Gasteiger partial charge in [-0.25, -0.2) is 14.8 Å². The second-order valence-corrected chi connectivity index (χ2v) is 6.38. The highest BCUT2D eigenvalue weighted by atomic mass is 35.5. The van der Waals surface area contributed by atoms with Gasteiger partial charge in [0.05, 0.1) is 22.3 Å². The molecule has 1 aromatic heterocycles. The van der Waals surface area contributed by atoms with Gasteiger partial charge in [-0.2, -0.15) is 0 Å². The average Bonchev–Trinajstić information content (AvgIpc) is 2.71. The highest BCUT2D eigenvalue weighted by Crippen LogP contribution is 2.24. The number of amides is 3. The van der Waals surface area contributed by atoms with Crippen LogP contribution in [0.1, 0.15) is 15.9 Å². The van der Waals surface area contributed by atoms with Gasteiger partial charge < -0.3 is 10.1 Å². The minimum absolute atomic E-state index is 0.104. The molecular weight excluding hydrogens is 414 g/mol. The van der Waals surface area contributed by atoms with E-state index in [0.29, 0.717) is 22.0 Å². The number of benzene rings is 2. The lowest BCUT2D eigenvalue weighted by molar-refractivity contribution is -0.385. The Morgan fingerprint density at radius 3 is 2.50 bits per heavy atom. The quantitative estimate of drug-likeness (QED) is 0.462. The summed E-state index contributed by atoms with van der Waals surface area (Å²) in [5.41, 5.74) is 0.424. The van der Waals surface area contributed by atoms with Gasteiger partial charge in [-0.1, -0.05) is 23.7 Å². The number of nitrogens with one attached hydrogen (secondary N) is 2. The Morgan fingerprint density at radius 2 is 1.83 bits per heavy atom. The summed E-state index contributed by atoms with van der Waals surface area (Å²) in [5.74, 6) is -0.464. The number of halogens is 1. The smallest absolute Gasteiger partial charge is 0.326 e. The summed E-state index contributed by atoms with van der Waals surface area (Å²) in [6, 6.07) is 9.38. The fourth-order valence-corrected chi connectivity index (χ4v) is 2.54. The van der Waals surface area contributed by atoms with Crippen molar-refractivity contribution in [2.45, 2.75) is 6.92 Å². The fraction of sp³-hybridized carbons (Fsp3) is 0.0526. The maximum absolute atomic E-state index is 12.2. The Labute approximate surface area is 175 Å². The van der Waals surface area contributed by atoms with Crippen LogP contribution in [-0.4, -0.2) is 26.8 Å². The molecule has 2 N–H and O–H groups in total. The second kappa shape index (κ2) is 8.97. The Hall–Kier alpha value is -4.05. The number of nitro groups is 1. The lowest BCUT2D eigenvalue weighted by Gasteiger charge is -2.11. The van der Waals surface area contributed by atoms with Crippen molar-refractivity contribution in [3.05, 3.63) is 81.1 Å². The van der Waals surface area contributed by atoms with E-state index in [4.69, 9.17) is 16.3 Å². The second-order valence-electron chi connectivity index (χ2n) is 5.95. The summed E-state index contributed by atoms with van der Waals surface area (Å²) in [6.07, 6.45) is 2.79. The van der Waals surface area contributed by atoms with Gasteiger partial charge in [0.25, 0.3) is 11.6 Å². The summed E-state index contributed by atoms with van der Waals surface area (Å²) in [5, 5.41) is 16.0. The number of carbonyl (C=O) groups is 2. The number of hydrogen-bond donors (Lipinski definition) is 2. The number of nitrogens with zero attached hydrogens (tertiary/aromatic N) is 3. The Bertz CT molecular complexity index is 1120. The van der Waals surface area contributed by atoms with Gasteiger partial charge in [0, 0.05) is 11.8 Å². The van der Waals surface area contributed by atoms with Crippen molar-refractivity contribution in [1.29, 1.82) is 0 Å². The molecule has 0 spiro atoms. The van der Waals surface area contributed by atoms with Crippen LogP contribution in [0.25, 0.3) is 0 Å². The van der Waals surface area contributed by atoms with E-state index in [1.54, 1.807) is 25.1 Å². The van der Waals surface area contributed by atoms with Crippen molar-refractivity contribution < 1.29 is 19.2 Å². The van der Waals surface area contributed by atoms with E-state index in [-0.39, 0.29) is 11.6 Å². The molecule has 0 aliphatic heterocycles. The maximum atomic E-state index is 12.2. The zero-order valence-corrected chi connectivity index (χ0v) is 16.2. The Kier molecular flexibility index (Phi) is 6.18. The van der Waals surface area contributed by atoms with Gasteiger partial charge in [-0.3, -0.25) is 20.2 Å². The molecule has 3 aromatic rings. The molecule has 30 heavy (non-hydrogen) atoms. The highest BCUT2D eigenvalue weighted by Gasteiger charge is 2.21. The topological polar surface area (TPSA) is 136 Å². The number of ether oxygens (including phenoxy) is 1. The number of hydrogen-bond acceptors (Lipinski definition) is 7. The molecule has 0 saturated heterocycles. The van der Waals surface area contributed by atoms with Crippen LogP contribution < -0.4 is 15.4 Å². The number of carbonyl (C=O) groups excluding carboxylic acids is 2. The first kappa shape index (κ1) is 20.7. The number of aromatic nitrogens is 2. The molecule has 0 aliphatic rings. The standard InChI is InChI=1S/C19H14ClN5O5/c1-11-8-13(30-19-21-9-12(20)10-22-19)6-7-15(11)23-18(27)24-17(26)14-4-2-3-5-16(14)25(28)29/h2-10H,1H3,(H2,23,24,26,27). The molecule has 3 rings (SSSR count). The van der Waals surface area contributed by atoms with E-state index in [1.165, 1.54) is 36.7 Å². The number of anilines is 1. The van der Waals surface area contributed by atoms with Crippen molar-refractivity contribution in [2.75, 3.05) is 5.32 Å². The van der Waals surface area contributed by atoms with E-state index in [2.05, 4.69) is 20.6 Å². The summed E-state index contributed by atoms with van der Waals surface area (Å²) < 4.78 is 5.50. The first-order valence-electron chi connectivity index (χ1n) is 8.45.